The van der Waals surface area contributed by atoms with Gasteiger partial charge in [0.2, 0.25) is 0 Å². The maximum absolute atomic E-state index is 5.78. The van der Waals surface area contributed by atoms with Crippen molar-refractivity contribution in [3.63, 3.8) is 0 Å². The average Bonchev–Trinajstić information content (AvgIpc) is 3.14. The molecular weight excluding hydrogens is 348 g/mol. The van der Waals surface area contributed by atoms with Crippen molar-refractivity contribution >= 4 is 24.1 Å². The van der Waals surface area contributed by atoms with Gasteiger partial charge in [0.15, 0.2) is 5.76 Å². The Hall–Kier alpha value is -3.24. The normalized spacial score (nSPS) is 10.0. The number of benzene rings is 3. The molecule has 0 aliphatic carbocycles. The van der Waals surface area contributed by atoms with E-state index in [0.717, 1.165) is 28.5 Å². The first-order chi connectivity index (χ1) is 12.4. The molecule has 0 atom stereocenters. The van der Waals surface area contributed by atoms with Crippen molar-refractivity contribution in [2.45, 2.75) is 0 Å². The van der Waals surface area contributed by atoms with E-state index in [1.54, 1.807) is 6.20 Å². The quantitative estimate of drug-likeness (QED) is 0.451. The molecule has 0 spiro atoms. The lowest BCUT2D eigenvalue weighted by Gasteiger charge is -2.06. The smallest absolute Gasteiger partial charge is 0.299 e. The standard InChI is InChI=1S/C21H16N2O2.ClH/c1-3-7-16(8-4-1)20-15-22-21(25-20)23-17-11-13-19(14-12-17)24-18-9-5-2-6-10-18;/h1-15H,(H,22,23);1H. The van der Waals surface area contributed by atoms with E-state index in [1.165, 1.54) is 0 Å². The van der Waals surface area contributed by atoms with Crippen LogP contribution in [0.15, 0.2) is 95.5 Å². The summed E-state index contributed by atoms with van der Waals surface area (Å²) < 4.78 is 11.5. The Morgan fingerprint density at radius 1 is 0.731 bits per heavy atom. The monoisotopic (exact) mass is 364 g/mol. The Bertz CT molecular complexity index is 939. The van der Waals surface area contributed by atoms with Gasteiger partial charge in [0.25, 0.3) is 6.01 Å². The zero-order valence-corrected chi connectivity index (χ0v) is 14.6. The average molecular weight is 365 g/mol. The molecule has 4 aromatic rings. The first kappa shape index (κ1) is 17.6. The number of anilines is 2. The Morgan fingerprint density at radius 2 is 1.35 bits per heavy atom. The van der Waals surface area contributed by atoms with Crippen molar-refractivity contribution in [3.8, 4) is 22.8 Å². The van der Waals surface area contributed by atoms with Gasteiger partial charge < -0.3 is 14.5 Å². The Labute approximate surface area is 157 Å². The summed E-state index contributed by atoms with van der Waals surface area (Å²) in [4.78, 5) is 4.27. The SMILES string of the molecule is Cl.c1ccc(Oc2ccc(Nc3ncc(-c4ccccc4)o3)cc2)cc1. The molecule has 0 radical (unpaired) electrons. The van der Waals surface area contributed by atoms with Crippen LogP contribution in [0.3, 0.4) is 0 Å². The minimum atomic E-state index is 0. The summed E-state index contributed by atoms with van der Waals surface area (Å²) in [6.45, 7) is 0. The number of oxazole rings is 1. The van der Waals surface area contributed by atoms with Gasteiger partial charge >= 0.3 is 0 Å². The Kier molecular flexibility index (Phi) is 5.56. The number of hydrogen-bond donors (Lipinski definition) is 1. The van der Waals surface area contributed by atoms with Crippen molar-refractivity contribution in [1.29, 1.82) is 0 Å². The molecule has 4 nitrogen and oxygen atoms in total. The molecule has 130 valence electrons. The number of aromatic nitrogens is 1. The third kappa shape index (κ3) is 4.23. The van der Waals surface area contributed by atoms with Gasteiger partial charge in [-0.2, -0.15) is 0 Å². The van der Waals surface area contributed by atoms with E-state index in [4.69, 9.17) is 9.15 Å². The second kappa shape index (κ2) is 8.23. The van der Waals surface area contributed by atoms with Crippen molar-refractivity contribution < 1.29 is 9.15 Å². The summed E-state index contributed by atoms with van der Waals surface area (Å²) in [6.07, 6.45) is 1.71. The van der Waals surface area contributed by atoms with Crippen LogP contribution in [0.25, 0.3) is 11.3 Å². The van der Waals surface area contributed by atoms with Crippen LogP contribution < -0.4 is 10.1 Å². The summed E-state index contributed by atoms with van der Waals surface area (Å²) >= 11 is 0. The number of ether oxygens (including phenoxy) is 1. The summed E-state index contributed by atoms with van der Waals surface area (Å²) in [6, 6.07) is 27.7. The first-order valence-electron chi connectivity index (χ1n) is 7.98. The van der Waals surface area contributed by atoms with E-state index >= 15 is 0 Å². The molecule has 1 heterocycles. The maximum atomic E-state index is 5.78. The van der Waals surface area contributed by atoms with Crippen LogP contribution >= 0.6 is 12.4 Å². The molecule has 3 aromatic carbocycles. The molecule has 0 unspecified atom stereocenters. The summed E-state index contributed by atoms with van der Waals surface area (Å²) in [7, 11) is 0. The number of hydrogen-bond acceptors (Lipinski definition) is 4. The van der Waals surface area contributed by atoms with E-state index in [0.29, 0.717) is 6.01 Å². The number of nitrogens with one attached hydrogen (secondary N) is 1. The van der Waals surface area contributed by atoms with E-state index < -0.39 is 0 Å². The van der Waals surface area contributed by atoms with Crippen molar-refractivity contribution in [2.75, 3.05) is 5.32 Å². The molecule has 5 heteroatoms. The molecular formula is C21H17ClN2O2. The fourth-order valence-electron chi connectivity index (χ4n) is 2.42. The van der Waals surface area contributed by atoms with Crippen molar-refractivity contribution in [1.82, 2.24) is 4.98 Å². The summed E-state index contributed by atoms with van der Waals surface area (Å²) in [5.41, 5.74) is 1.87. The largest absolute Gasteiger partial charge is 0.457 e. The third-order valence-electron chi connectivity index (χ3n) is 3.65. The molecule has 26 heavy (non-hydrogen) atoms. The van der Waals surface area contributed by atoms with Crippen molar-refractivity contribution in [3.05, 3.63) is 91.1 Å². The van der Waals surface area contributed by atoms with E-state index in [2.05, 4.69) is 10.3 Å². The predicted octanol–water partition coefficient (Wildman–Crippen LogP) is 6.30. The molecule has 1 aromatic heterocycles. The molecule has 0 amide bonds. The lowest BCUT2D eigenvalue weighted by Crippen LogP contribution is -1.90. The van der Waals surface area contributed by atoms with Gasteiger partial charge in [-0.1, -0.05) is 48.5 Å². The van der Waals surface area contributed by atoms with E-state index in [-0.39, 0.29) is 12.4 Å². The van der Waals surface area contributed by atoms with Crippen molar-refractivity contribution in [2.24, 2.45) is 0 Å². The molecule has 4 rings (SSSR count). The minimum Gasteiger partial charge on any atom is -0.457 e. The van der Waals surface area contributed by atoms with Crippen LogP contribution in [0.1, 0.15) is 0 Å². The van der Waals surface area contributed by atoms with Gasteiger partial charge in [0.1, 0.15) is 11.5 Å². The number of halogens is 1. The highest BCUT2D eigenvalue weighted by atomic mass is 35.5. The summed E-state index contributed by atoms with van der Waals surface area (Å²) in [5, 5.41) is 3.15. The molecule has 1 N–H and O–H groups in total. The third-order valence-corrected chi connectivity index (χ3v) is 3.65. The Morgan fingerprint density at radius 3 is 2.04 bits per heavy atom. The molecule has 0 aliphatic heterocycles. The first-order valence-corrected chi connectivity index (χ1v) is 7.98. The van der Waals surface area contributed by atoms with Gasteiger partial charge in [-0.15, -0.1) is 12.4 Å². The lowest BCUT2D eigenvalue weighted by molar-refractivity contribution is 0.483. The van der Waals surface area contributed by atoms with Crippen LogP contribution in [0, 0.1) is 0 Å². The second-order valence-electron chi connectivity index (χ2n) is 5.46. The van der Waals surface area contributed by atoms with Crippen LogP contribution in [-0.4, -0.2) is 4.98 Å². The van der Waals surface area contributed by atoms with Gasteiger partial charge in [0, 0.05) is 11.3 Å². The maximum Gasteiger partial charge on any atom is 0.299 e. The minimum absolute atomic E-state index is 0. The topological polar surface area (TPSA) is 47.3 Å². The number of rotatable bonds is 5. The molecule has 0 fully saturated rings. The van der Waals surface area contributed by atoms with Gasteiger partial charge in [-0.25, -0.2) is 4.98 Å². The highest BCUT2D eigenvalue weighted by molar-refractivity contribution is 5.85. The fourth-order valence-corrected chi connectivity index (χ4v) is 2.42. The van der Waals surface area contributed by atoms with Crippen LogP contribution in [0.4, 0.5) is 11.7 Å². The second-order valence-corrected chi connectivity index (χ2v) is 5.46. The van der Waals surface area contributed by atoms with Crippen LogP contribution in [-0.2, 0) is 0 Å². The summed E-state index contributed by atoms with van der Waals surface area (Å²) in [5.74, 6) is 2.31. The predicted molar refractivity (Wildman–Crippen MR) is 105 cm³/mol. The van der Waals surface area contributed by atoms with E-state index in [9.17, 15) is 0 Å². The number of nitrogens with zero attached hydrogens (tertiary/aromatic N) is 1. The van der Waals surface area contributed by atoms with Crippen LogP contribution in [0.5, 0.6) is 11.5 Å². The fraction of sp³-hybridized carbons (Fsp3) is 0. The van der Waals surface area contributed by atoms with Gasteiger partial charge in [0.05, 0.1) is 6.20 Å². The van der Waals surface area contributed by atoms with E-state index in [1.807, 2.05) is 84.9 Å². The number of para-hydroxylation sites is 1. The molecule has 0 saturated heterocycles. The molecule has 0 saturated carbocycles. The molecule has 0 aliphatic rings. The van der Waals surface area contributed by atoms with Crippen LogP contribution in [0.2, 0.25) is 0 Å². The van der Waals surface area contributed by atoms with Gasteiger partial charge in [-0.3, -0.25) is 0 Å². The zero-order valence-electron chi connectivity index (χ0n) is 13.8. The Balaban J connectivity index is 0.00000196. The highest BCUT2D eigenvalue weighted by Gasteiger charge is 2.06. The highest BCUT2D eigenvalue weighted by Crippen LogP contribution is 2.26. The lowest BCUT2D eigenvalue weighted by atomic mass is 10.2. The zero-order chi connectivity index (χ0) is 16.9. The molecule has 0 bridgehead atoms. The van der Waals surface area contributed by atoms with Gasteiger partial charge in [-0.05, 0) is 36.4 Å².